The molecule has 1 aliphatic rings. The number of benzene rings is 1. The maximum atomic E-state index is 12.3. The number of carbonyl (C=O) groups is 1. The molecule has 98 valence electrons. The number of halogens is 1. The molecule has 1 amide bonds. The van der Waals surface area contributed by atoms with Crippen LogP contribution in [0.15, 0.2) is 18.2 Å². The number of rotatable bonds is 1. The average Bonchev–Trinajstić information content (AvgIpc) is 2.32. The summed E-state index contributed by atoms with van der Waals surface area (Å²) in [7, 11) is 0. The number of hydrogen-bond donors (Lipinski definition) is 2. The summed E-state index contributed by atoms with van der Waals surface area (Å²) in [6.07, 6.45) is 0.793. The number of aromatic hydroxyl groups is 1. The Kier molecular flexibility index (Phi) is 3.78. The summed E-state index contributed by atoms with van der Waals surface area (Å²) in [6.45, 7) is 3.29. The fraction of sp³-hybridized carbons (Fsp3) is 0.462. The van der Waals surface area contributed by atoms with Crippen LogP contribution in [0.3, 0.4) is 0 Å². The third-order valence-electron chi connectivity index (χ3n) is 3.45. The quantitative estimate of drug-likeness (QED) is 0.817. The highest BCUT2D eigenvalue weighted by atomic mass is 35.5. The van der Waals surface area contributed by atoms with Gasteiger partial charge in [0.1, 0.15) is 5.75 Å². The highest BCUT2D eigenvalue weighted by Gasteiger charge is 2.27. The van der Waals surface area contributed by atoms with E-state index < -0.39 is 0 Å². The predicted octanol–water partition coefficient (Wildman–Crippen LogP) is 1.85. The van der Waals surface area contributed by atoms with Gasteiger partial charge in [0.15, 0.2) is 0 Å². The third-order valence-corrected chi connectivity index (χ3v) is 3.68. The Hall–Kier alpha value is -1.26. The largest absolute Gasteiger partial charge is 0.507 e. The van der Waals surface area contributed by atoms with Gasteiger partial charge in [-0.3, -0.25) is 4.79 Å². The van der Waals surface area contributed by atoms with Crippen LogP contribution in [-0.4, -0.2) is 35.0 Å². The summed E-state index contributed by atoms with van der Waals surface area (Å²) in [4.78, 5) is 14.0. The minimum absolute atomic E-state index is 0.0741. The first kappa shape index (κ1) is 13.2. The smallest absolute Gasteiger partial charge is 0.257 e. The average molecular weight is 269 g/mol. The molecule has 1 saturated heterocycles. The molecule has 0 radical (unpaired) electrons. The Balaban J connectivity index is 2.16. The lowest BCUT2D eigenvalue weighted by atomic mass is 9.94. The third kappa shape index (κ3) is 2.60. The molecule has 5 heteroatoms. The Bertz CT molecular complexity index is 464. The first-order chi connectivity index (χ1) is 8.49. The molecule has 0 bridgehead atoms. The number of piperidine rings is 1. The number of phenols is 1. The van der Waals surface area contributed by atoms with Crippen LogP contribution in [0.25, 0.3) is 0 Å². The molecule has 1 aromatic rings. The molecule has 1 fully saturated rings. The number of likely N-dealkylation sites (tertiary alicyclic amines) is 1. The van der Waals surface area contributed by atoms with Crippen molar-refractivity contribution in [2.45, 2.75) is 19.4 Å². The minimum atomic E-state index is -0.164. The molecule has 0 aliphatic carbocycles. The summed E-state index contributed by atoms with van der Waals surface area (Å²) in [5.74, 6) is 0.0371. The van der Waals surface area contributed by atoms with Crippen molar-refractivity contribution in [1.82, 2.24) is 4.90 Å². The van der Waals surface area contributed by atoms with Gasteiger partial charge < -0.3 is 15.7 Å². The van der Waals surface area contributed by atoms with Gasteiger partial charge in [-0.15, -0.1) is 0 Å². The van der Waals surface area contributed by atoms with Crippen molar-refractivity contribution < 1.29 is 9.90 Å². The van der Waals surface area contributed by atoms with Crippen molar-refractivity contribution in [3.05, 3.63) is 28.8 Å². The van der Waals surface area contributed by atoms with Crippen LogP contribution < -0.4 is 5.73 Å². The molecular formula is C13H17ClN2O2. The number of nitrogens with two attached hydrogens (primary N) is 1. The second kappa shape index (κ2) is 5.16. The van der Waals surface area contributed by atoms with Crippen LogP contribution in [0.4, 0.5) is 0 Å². The summed E-state index contributed by atoms with van der Waals surface area (Å²) >= 11 is 5.75. The van der Waals surface area contributed by atoms with Crippen LogP contribution in [0.1, 0.15) is 23.7 Å². The maximum absolute atomic E-state index is 12.3. The highest BCUT2D eigenvalue weighted by molar-refractivity contribution is 6.30. The Morgan fingerprint density at radius 1 is 1.56 bits per heavy atom. The van der Waals surface area contributed by atoms with Crippen molar-refractivity contribution in [1.29, 1.82) is 0 Å². The maximum Gasteiger partial charge on any atom is 0.257 e. The lowest BCUT2D eigenvalue weighted by Gasteiger charge is -2.35. The topological polar surface area (TPSA) is 66.6 Å². The molecule has 2 unspecified atom stereocenters. The normalized spacial score (nSPS) is 24.1. The fourth-order valence-corrected chi connectivity index (χ4v) is 2.37. The van der Waals surface area contributed by atoms with E-state index in [2.05, 4.69) is 0 Å². The van der Waals surface area contributed by atoms with Gasteiger partial charge in [0, 0.05) is 24.2 Å². The molecule has 1 aliphatic heterocycles. The molecule has 18 heavy (non-hydrogen) atoms. The monoisotopic (exact) mass is 268 g/mol. The van der Waals surface area contributed by atoms with Crippen LogP contribution in [0, 0.1) is 5.92 Å². The first-order valence-electron chi connectivity index (χ1n) is 6.02. The first-order valence-corrected chi connectivity index (χ1v) is 6.40. The highest BCUT2D eigenvalue weighted by Crippen LogP contribution is 2.25. The molecule has 0 spiro atoms. The van der Waals surface area contributed by atoms with Gasteiger partial charge in [-0.1, -0.05) is 18.5 Å². The van der Waals surface area contributed by atoms with Crippen molar-refractivity contribution in [3.63, 3.8) is 0 Å². The molecule has 0 saturated carbocycles. The van der Waals surface area contributed by atoms with E-state index in [1.54, 1.807) is 17.0 Å². The zero-order chi connectivity index (χ0) is 13.3. The van der Waals surface area contributed by atoms with Gasteiger partial charge in [0.2, 0.25) is 0 Å². The lowest BCUT2D eigenvalue weighted by Crippen LogP contribution is -2.48. The van der Waals surface area contributed by atoms with Gasteiger partial charge in [-0.05, 0) is 30.5 Å². The van der Waals surface area contributed by atoms with Crippen molar-refractivity contribution in [2.75, 3.05) is 13.1 Å². The number of hydrogen-bond acceptors (Lipinski definition) is 3. The minimum Gasteiger partial charge on any atom is -0.507 e. The lowest BCUT2D eigenvalue weighted by molar-refractivity contribution is 0.0661. The predicted molar refractivity (Wildman–Crippen MR) is 70.8 cm³/mol. The molecule has 4 nitrogen and oxygen atoms in total. The zero-order valence-electron chi connectivity index (χ0n) is 10.3. The Labute approximate surface area is 111 Å². The number of carbonyl (C=O) groups excluding carboxylic acids is 1. The van der Waals surface area contributed by atoms with Gasteiger partial charge in [-0.25, -0.2) is 0 Å². The number of nitrogens with zero attached hydrogens (tertiary/aromatic N) is 1. The number of phenolic OH excluding ortho intramolecular Hbond substituents is 1. The van der Waals surface area contributed by atoms with Gasteiger partial charge >= 0.3 is 0 Å². The molecule has 2 rings (SSSR count). The van der Waals surface area contributed by atoms with E-state index in [1.165, 1.54) is 6.07 Å². The molecule has 1 aromatic carbocycles. The van der Waals surface area contributed by atoms with Crippen LogP contribution in [0.2, 0.25) is 5.02 Å². The van der Waals surface area contributed by atoms with E-state index in [0.717, 1.165) is 6.42 Å². The Morgan fingerprint density at radius 2 is 2.28 bits per heavy atom. The Morgan fingerprint density at radius 3 is 2.89 bits per heavy atom. The second-order valence-corrected chi connectivity index (χ2v) is 5.28. The molecular weight excluding hydrogens is 252 g/mol. The summed E-state index contributed by atoms with van der Waals surface area (Å²) in [6, 6.07) is 4.69. The van der Waals surface area contributed by atoms with Crippen molar-refractivity contribution >= 4 is 17.5 Å². The fourth-order valence-electron chi connectivity index (χ4n) is 2.20. The van der Waals surface area contributed by atoms with Crippen LogP contribution in [-0.2, 0) is 0 Å². The van der Waals surface area contributed by atoms with Crippen molar-refractivity contribution in [3.8, 4) is 5.75 Å². The van der Waals surface area contributed by atoms with Gasteiger partial charge in [0.05, 0.1) is 5.56 Å². The van der Waals surface area contributed by atoms with E-state index in [1.807, 2.05) is 6.92 Å². The molecule has 0 aromatic heterocycles. The van der Waals surface area contributed by atoms with E-state index in [-0.39, 0.29) is 23.6 Å². The van der Waals surface area contributed by atoms with E-state index >= 15 is 0 Å². The molecule has 2 atom stereocenters. The zero-order valence-corrected chi connectivity index (χ0v) is 11.0. The van der Waals surface area contributed by atoms with Gasteiger partial charge in [-0.2, -0.15) is 0 Å². The van der Waals surface area contributed by atoms with E-state index in [4.69, 9.17) is 17.3 Å². The summed E-state index contributed by atoms with van der Waals surface area (Å²) in [5, 5.41) is 10.2. The second-order valence-electron chi connectivity index (χ2n) is 4.84. The van der Waals surface area contributed by atoms with E-state index in [0.29, 0.717) is 23.7 Å². The summed E-state index contributed by atoms with van der Waals surface area (Å²) < 4.78 is 0. The molecule has 1 heterocycles. The van der Waals surface area contributed by atoms with Crippen molar-refractivity contribution in [2.24, 2.45) is 11.7 Å². The number of amides is 1. The summed E-state index contributed by atoms with van der Waals surface area (Å²) in [5.41, 5.74) is 6.22. The van der Waals surface area contributed by atoms with Gasteiger partial charge in [0.25, 0.3) is 5.91 Å². The SMILES string of the molecule is CC1CN(C(=O)c2ccc(Cl)cc2O)CCC1N. The van der Waals surface area contributed by atoms with E-state index in [9.17, 15) is 9.90 Å². The standard InChI is InChI=1S/C13H17ClN2O2/c1-8-7-16(5-4-11(8)15)13(18)10-3-2-9(14)6-12(10)17/h2-3,6,8,11,17H,4-5,7,15H2,1H3. The van der Waals surface area contributed by atoms with Crippen LogP contribution in [0.5, 0.6) is 5.75 Å². The van der Waals surface area contributed by atoms with Crippen LogP contribution >= 0.6 is 11.6 Å². The molecule has 3 N–H and O–H groups in total.